The first kappa shape index (κ1) is 14.0. The van der Waals surface area contributed by atoms with Crippen LogP contribution in [-0.2, 0) is 19.4 Å². The number of H-pyrrole nitrogens is 1. The summed E-state index contributed by atoms with van der Waals surface area (Å²) in [5.74, 6) is -0.394. The zero-order valence-electron chi connectivity index (χ0n) is 12.1. The Balaban J connectivity index is 1.62. The van der Waals surface area contributed by atoms with Crippen molar-refractivity contribution in [3.05, 3.63) is 50.9 Å². The molecule has 7 nitrogen and oxygen atoms in total. The second kappa shape index (κ2) is 5.54. The molecule has 4 rings (SSSR count). The highest BCUT2D eigenvalue weighted by Crippen LogP contribution is 2.34. The number of amides is 1. The van der Waals surface area contributed by atoms with E-state index in [2.05, 4.69) is 25.3 Å². The van der Waals surface area contributed by atoms with E-state index in [0.29, 0.717) is 15.9 Å². The molecule has 0 fully saturated rings. The van der Waals surface area contributed by atoms with Crippen molar-refractivity contribution in [1.29, 1.82) is 0 Å². The number of fused-ring (bicyclic) bond motifs is 3. The molecular formula is C15H13N5O2S. The lowest BCUT2D eigenvalue weighted by Crippen LogP contribution is -2.27. The molecule has 8 heteroatoms. The molecule has 0 bridgehead atoms. The molecular weight excluding hydrogens is 314 g/mol. The Labute approximate surface area is 134 Å². The van der Waals surface area contributed by atoms with Crippen molar-refractivity contribution < 1.29 is 4.79 Å². The van der Waals surface area contributed by atoms with Crippen molar-refractivity contribution in [1.82, 2.24) is 25.3 Å². The predicted octanol–water partition coefficient (Wildman–Crippen LogP) is 1.19. The van der Waals surface area contributed by atoms with Gasteiger partial charge in [0.05, 0.1) is 23.8 Å². The fourth-order valence-corrected chi connectivity index (χ4v) is 4.05. The molecule has 3 heterocycles. The molecule has 0 saturated carbocycles. The molecule has 2 N–H and O–H groups in total. The number of rotatable bonds is 3. The molecule has 1 aliphatic rings. The number of carbonyl (C=O) groups is 1. The van der Waals surface area contributed by atoms with Gasteiger partial charge in [-0.2, -0.15) is 0 Å². The van der Waals surface area contributed by atoms with E-state index in [4.69, 9.17) is 0 Å². The third-order valence-electron chi connectivity index (χ3n) is 3.84. The van der Waals surface area contributed by atoms with Gasteiger partial charge in [-0.15, -0.1) is 11.3 Å². The van der Waals surface area contributed by atoms with Crippen LogP contribution in [0.25, 0.3) is 10.2 Å². The lowest BCUT2D eigenvalue weighted by atomic mass is 10.2. The largest absolute Gasteiger partial charge is 0.344 e. The number of hydrogen-bond acceptors (Lipinski definition) is 6. The summed E-state index contributed by atoms with van der Waals surface area (Å²) in [7, 11) is 0. The average molecular weight is 327 g/mol. The Bertz CT molecular complexity index is 948. The van der Waals surface area contributed by atoms with Crippen LogP contribution in [0.15, 0.2) is 23.4 Å². The SMILES string of the molecule is O=C(NCc1cnccn1)c1nc2sc3c(c2c(=O)[nH]1)CCC3. The van der Waals surface area contributed by atoms with Gasteiger partial charge in [0.15, 0.2) is 0 Å². The Kier molecular flexibility index (Phi) is 3.38. The van der Waals surface area contributed by atoms with Crippen LogP contribution in [0.2, 0.25) is 0 Å². The Hall–Kier alpha value is -2.61. The van der Waals surface area contributed by atoms with Crippen LogP contribution in [0.3, 0.4) is 0 Å². The molecule has 0 radical (unpaired) electrons. The number of aryl methyl sites for hydroxylation is 2. The van der Waals surface area contributed by atoms with E-state index >= 15 is 0 Å². The van der Waals surface area contributed by atoms with Gasteiger partial charge in [0, 0.05) is 17.3 Å². The van der Waals surface area contributed by atoms with Gasteiger partial charge in [0.25, 0.3) is 11.5 Å². The smallest absolute Gasteiger partial charge is 0.287 e. The summed E-state index contributed by atoms with van der Waals surface area (Å²) in [4.78, 5) is 41.3. The Morgan fingerprint density at radius 2 is 2.26 bits per heavy atom. The standard InChI is InChI=1S/C15H13N5O2S/c21-13-11-9-2-1-3-10(9)23-15(11)20-12(19-13)14(22)18-7-8-6-16-4-5-17-8/h4-6H,1-3,7H2,(H,18,22)(H,19,20,21). The summed E-state index contributed by atoms with van der Waals surface area (Å²) in [6.07, 6.45) is 7.68. The number of carbonyl (C=O) groups excluding carboxylic acids is 1. The van der Waals surface area contributed by atoms with Gasteiger partial charge in [-0.25, -0.2) is 4.98 Å². The molecule has 116 valence electrons. The minimum absolute atomic E-state index is 0.0336. The minimum Gasteiger partial charge on any atom is -0.344 e. The normalized spacial score (nSPS) is 13.2. The zero-order valence-corrected chi connectivity index (χ0v) is 12.9. The third-order valence-corrected chi connectivity index (χ3v) is 5.02. The summed E-state index contributed by atoms with van der Waals surface area (Å²) in [6.45, 7) is 0.232. The first-order valence-electron chi connectivity index (χ1n) is 7.30. The van der Waals surface area contributed by atoms with Crippen molar-refractivity contribution in [3.8, 4) is 0 Å². The van der Waals surface area contributed by atoms with Gasteiger partial charge >= 0.3 is 0 Å². The van der Waals surface area contributed by atoms with Crippen LogP contribution in [0.4, 0.5) is 0 Å². The van der Waals surface area contributed by atoms with Gasteiger partial charge in [0.1, 0.15) is 4.83 Å². The zero-order chi connectivity index (χ0) is 15.8. The molecule has 3 aromatic rings. The first-order valence-corrected chi connectivity index (χ1v) is 8.11. The molecule has 0 atom stereocenters. The van der Waals surface area contributed by atoms with Crippen LogP contribution in [0.5, 0.6) is 0 Å². The molecule has 1 amide bonds. The van der Waals surface area contributed by atoms with E-state index in [1.54, 1.807) is 18.6 Å². The number of hydrogen-bond donors (Lipinski definition) is 2. The second-order valence-corrected chi connectivity index (χ2v) is 6.42. The van der Waals surface area contributed by atoms with E-state index in [1.807, 2.05) is 0 Å². The molecule has 0 saturated heterocycles. The average Bonchev–Trinajstić information content (AvgIpc) is 3.13. The van der Waals surface area contributed by atoms with E-state index in [0.717, 1.165) is 24.8 Å². The molecule has 0 aromatic carbocycles. The number of thiophene rings is 1. The number of aromatic nitrogens is 4. The van der Waals surface area contributed by atoms with Gasteiger partial charge in [-0.05, 0) is 24.8 Å². The van der Waals surface area contributed by atoms with Crippen LogP contribution in [0.1, 0.15) is 33.2 Å². The lowest BCUT2D eigenvalue weighted by Gasteiger charge is -2.04. The Morgan fingerprint density at radius 1 is 1.35 bits per heavy atom. The van der Waals surface area contributed by atoms with Crippen LogP contribution in [-0.4, -0.2) is 25.8 Å². The summed E-state index contributed by atoms with van der Waals surface area (Å²) in [5.41, 5.74) is 1.50. The maximum atomic E-state index is 12.3. The maximum Gasteiger partial charge on any atom is 0.287 e. The summed E-state index contributed by atoms with van der Waals surface area (Å²) in [5, 5.41) is 3.33. The lowest BCUT2D eigenvalue weighted by molar-refractivity contribution is 0.0940. The highest BCUT2D eigenvalue weighted by Gasteiger charge is 2.22. The molecule has 0 aliphatic heterocycles. The first-order chi connectivity index (χ1) is 11.2. The number of aromatic amines is 1. The maximum absolute atomic E-state index is 12.3. The fourth-order valence-electron chi connectivity index (χ4n) is 2.79. The van der Waals surface area contributed by atoms with E-state index in [9.17, 15) is 9.59 Å². The van der Waals surface area contributed by atoms with Gasteiger partial charge in [-0.1, -0.05) is 0 Å². The van der Waals surface area contributed by atoms with Crippen LogP contribution < -0.4 is 10.9 Å². The van der Waals surface area contributed by atoms with Gasteiger partial charge in [-0.3, -0.25) is 19.6 Å². The molecule has 3 aromatic heterocycles. The molecule has 0 unspecified atom stereocenters. The minimum atomic E-state index is -0.428. The molecule has 0 spiro atoms. The fraction of sp³-hybridized carbons (Fsp3) is 0.267. The predicted molar refractivity (Wildman–Crippen MR) is 85.5 cm³/mol. The monoisotopic (exact) mass is 327 g/mol. The topological polar surface area (TPSA) is 101 Å². The van der Waals surface area contributed by atoms with Crippen molar-refractivity contribution in [2.75, 3.05) is 0 Å². The van der Waals surface area contributed by atoms with E-state index in [-0.39, 0.29) is 17.9 Å². The summed E-state index contributed by atoms with van der Waals surface area (Å²) < 4.78 is 0. The van der Waals surface area contributed by atoms with Crippen molar-refractivity contribution in [2.24, 2.45) is 0 Å². The quantitative estimate of drug-likeness (QED) is 0.752. The molecule has 1 aliphatic carbocycles. The Morgan fingerprint density at radius 3 is 3.09 bits per heavy atom. The molecule has 23 heavy (non-hydrogen) atoms. The third kappa shape index (κ3) is 2.50. The summed E-state index contributed by atoms with van der Waals surface area (Å²) in [6, 6.07) is 0. The van der Waals surface area contributed by atoms with Crippen molar-refractivity contribution >= 4 is 27.5 Å². The van der Waals surface area contributed by atoms with Crippen molar-refractivity contribution in [3.63, 3.8) is 0 Å². The number of nitrogens with one attached hydrogen (secondary N) is 2. The second-order valence-electron chi connectivity index (χ2n) is 5.33. The van der Waals surface area contributed by atoms with Crippen molar-refractivity contribution in [2.45, 2.75) is 25.8 Å². The van der Waals surface area contributed by atoms with E-state index in [1.165, 1.54) is 16.2 Å². The highest BCUT2D eigenvalue weighted by molar-refractivity contribution is 7.18. The van der Waals surface area contributed by atoms with Crippen LogP contribution in [0, 0.1) is 0 Å². The van der Waals surface area contributed by atoms with Gasteiger partial charge < -0.3 is 10.3 Å². The van der Waals surface area contributed by atoms with Gasteiger partial charge in [0.2, 0.25) is 5.82 Å². The van der Waals surface area contributed by atoms with Crippen LogP contribution >= 0.6 is 11.3 Å². The highest BCUT2D eigenvalue weighted by atomic mass is 32.1. The summed E-state index contributed by atoms with van der Waals surface area (Å²) >= 11 is 1.51. The number of nitrogens with zero attached hydrogens (tertiary/aromatic N) is 3. The van der Waals surface area contributed by atoms with E-state index < -0.39 is 5.91 Å².